The van der Waals surface area contributed by atoms with Gasteiger partial charge in [-0.1, -0.05) is 55.3 Å². The summed E-state index contributed by atoms with van der Waals surface area (Å²) in [5, 5.41) is 13.7. The Bertz CT molecular complexity index is 1480. The molecule has 10 heteroatoms. The first-order valence-electron chi connectivity index (χ1n) is 12.6. The summed E-state index contributed by atoms with van der Waals surface area (Å²) in [7, 11) is -2.40. The van der Waals surface area contributed by atoms with Crippen LogP contribution >= 0.6 is 19.3 Å². The Kier molecular flexibility index (Phi) is 9.25. The second-order valence-corrected chi connectivity index (χ2v) is 11.7. The van der Waals surface area contributed by atoms with Gasteiger partial charge in [-0.2, -0.15) is 17.8 Å². The Hall–Kier alpha value is -2.61. The molecule has 0 aliphatic rings. The van der Waals surface area contributed by atoms with Gasteiger partial charge < -0.3 is 9.63 Å². The van der Waals surface area contributed by atoms with Crippen LogP contribution in [0.25, 0.3) is 21.5 Å². The topological polar surface area (TPSA) is 59.0 Å². The predicted octanol–water partition coefficient (Wildman–Crippen LogP) is 9.02. The molecule has 0 bridgehead atoms. The summed E-state index contributed by atoms with van der Waals surface area (Å²) in [4.78, 5) is 0. The molecule has 0 saturated carbocycles. The van der Waals surface area contributed by atoms with Crippen molar-refractivity contribution < 1.29 is 31.9 Å². The van der Waals surface area contributed by atoms with E-state index >= 15 is 0 Å². The van der Waals surface area contributed by atoms with E-state index in [4.69, 9.17) is 20.6 Å². The maximum Gasteiger partial charge on any atom is 0.461 e. The molecule has 0 saturated heterocycles. The first-order valence-corrected chi connectivity index (χ1v) is 14.5. The van der Waals surface area contributed by atoms with Crippen molar-refractivity contribution >= 4 is 40.9 Å². The highest BCUT2D eigenvalue weighted by Gasteiger charge is 2.34. The fraction of sp³-hybridized carbons (Fsp3) is 0.310. The van der Waals surface area contributed by atoms with E-state index in [-0.39, 0.29) is 13.0 Å². The molecule has 208 valence electrons. The van der Waals surface area contributed by atoms with Crippen molar-refractivity contribution in [1.82, 2.24) is 4.67 Å². The fourth-order valence-corrected chi connectivity index (χ4v) is 6.28. The lowest BCUT2D eigenvalue weighted by atomic mass is 9.92. The number of aliphatic hydroxyl groups is 1. The number of hydrogen-bond acceptors (Lipinski definition) is 4. The van der Waals surface area contributed by atoms with Crippen LogP contribution in [0.15, 0.2) is 72.8 Å². The van der Waals surface area contributed by atoms with E-state index in [9.17, 15) is 22.8 Å². The Morgan fingerprint density at radius 2 is 1.72 bits per heavy atom. The average Bonchev–Trinajstić information content (AvgIpc) is 2.92. The molecule has 0 amide bonds. The van der Waals surface area contributed by atoms with Crippen molar-refractivity contribution in [3.63, 3.8) is 0 Å². The van der Waals surface area contributed by atoms with Crippen LogP contribution in [0.1, 0.15) is 43.4 Å². The molecule has 2 unspecified atom stereocenters. The minimum absolute atomic E-state index is 0.180. The smallest absolute Gasteiger partial charge is 0.413 e. The van der Waals surface area contributed by atoms with E-state index in [1.54, 1.807) is 53.2 Å². The SMILES string of the molecule is CCCCN(CCC(O)c1cc2ccc(C(F)(F)F)cc2c2cc(Cl)ccc12)P(=O)(OC)Oc1ccccc1. The molecule has 39 heavy (non-hydrogen) atoms. The summed E-state index contributed by atoms with van der Waals surface area (Å²) in [6.07, 6.45) is -3.73. The maximum absolute atomic E-state index is 13.7. The number of rotatable bonds is 11. The van der Waals surface area contributed by atoms with Crippen LogP contribution in [0.5, 0.6) is 5.75 Å². The molecule has 0 fully saturated rings. The number of halogens is 4. The number of hydrogen-bond donors (Lipinski definition) is 1. The second kappa shape index (κ2) is 12.3. The van der Waals surface area contributed by atoms with Crippen LogP contribution in [0, 0.1) is 0 Å². The molecule has 0 aromatic heterocycles. The van der Waals surface area contributed by atoms with Crippen LogP contribution in [0.3, 0.4) is 0 Å². The molecule has 5 nitrogen and oxygen atoms in total. The van der Waals surface area contributed by atoms with Crippen molar-refractivity contribution in [2.45, 2.75) is 38.5 Å². The highest BCUT2D eigenvalue weighted by Crippen LogP contribution is 2.51. The van der Waals surface area contributed by atoms with Gasteiger partial charge in [-0.15, -0.1) is 0 Å². The lowest BCUT2D eigenvalue weighted by Crippen LogP contribution is -2.27. The van der Waals surface area contributed by atoms with E-state index in [1.165, 1.54) is 13.2 Å². The Labute approximate surface area is 230 Å². The van der Waals surface area contributed by atoms with Gasteiger partial charge in [0, 0.05) is 25.2 Å². The first kappa shape index (κ1) is 29.4. The minimum atomic E-state index is -4.49. The number of fused-ring (bicyclic) bond motifs is 3. The van der Waals surface area contributed by atoms with Crippen LogP contribution in [0.4, 0.5) is 13.2 Å². The molecular weight excluding hydrogens is 550 g/mol. The zero-order chi connectivity index (χ0) is 28.2. The summed E-state index contributed by atoms with van der Waals surface area (Å²) in [5.41, 5.74) is -0.217. The maximum atomic E-state index is 13.7. The summed E-state index contributed by atoms with van der Waals surface area (Å²) in [5.74, 6) is 0.403. The van der Waals surface area contributed by atoms with E-state index < -0.39 is 25.6 Å². The van der Waals surface area contributed by atoms with Gasteiger partial charge in [0.2, 0.25) is 0 Å². The van der Waals surface area contributed by atoms with Crippen LogP contribution in [0.2, 0.25) is 5.02 Å². The number of para-hydroxylation sites is 1. The molecule has 0 aliphatic carbocycles. The van der Waals surface area contributed by atoms with Gasteiger partial charge in [-0.3, -0.25) is 4.52 Å². The number of aliphatic hydroxyl groups excluding tert-OH is 1. The highest BCUT2D eigenvalue weighted by molar-refractivity contribution is 7.51. The van der Waals surface area contributed by atoms with Gasteiger partial charge in [-0.05, 0) is 82.4 Å². The number of alkyl halides is 3. The molecule has 2 atom stereocenters. The third-order valence-corrected chi connectivity index (χ3v) is 8.84. The molecule has 4 rings (SSSR count). The van der Waals surface area contributed by atoms with Crippen LogP contribution in [-0.2, 0) is 15.3 Å². The second-order valence-electron chi connectivity index (χ2n) is 9.26. The van der Waals surface area contributed by atoms with E-state index in [2.05, 4.69) is 0 Å². The van der Waals surface area contributed by atoms with Gasteiger partial charge in [0.05, 0.1) is 11.7 Å². The average molecular weight is 580 g/mol. The molecule has 4 aromatic rings. The Morgan fingerprint density at radius 3 is 2.38 bits per heavy atom. The number of unbranched alkanes of at least 4 members (excludes halogenated alkanes) is 1. The van der Waals surface area contributed by atoms with E-state index in [0.29, 0.717) is 44.4 Å². The molecule has 0 aliphatic heterocycles. The van der Waals surface area contributed by atoms with E-state index in [1.807, 2.05) is 13.0 Å². The predicted molar refractivity (Wildman–Crippen MR) is 149 cm³/mol. The van der Waals surface area contributed by atoms with Gasteiger partial charge in [0.25, 0.3) is 0 Å². The number of nitrogens with zero attached hydrogens (tertiary/aromatic N) is 1. The van der Waals surface area contributed by atoms with Gasteiger partial charge in [0.15, 0.2) is 0 Å². The molecule has 4 aromatic carbocycles. The van der Waals surface area contributed by atoms with E-state index in [0.717, 1.165) is 25.0 Å². The quantitative estimate of drug-likeness (QED) is 0.142. The monoisotopic (exact) mass is 579 g/mol. The molecule has 0 radical (unpaired) electrons. The zero-order valence-electron chi connectivity index (χ0n) is 21.6. The molecule has 1 N–H and O–H groups in total. The van der Waals surface area contributed by atoms with Crippen molar-refractivity contribution in [3.8, 4) is 5.75 Å². The van der Waals surface area contributed by atoms with Gasteiger partial charge >= 0.3 is 13.9 Å². The molecule has 0 spiro atoms. The normalized spacial score (nSPS) is 14.6. The lowest BCUT2D eigenvalue weighted by molar-refractivity contribution is -0.137. The summed E-state index contributed by atoms with van der Waals surface area (Å²) < 4.78 is 66.8. The van der Waals surface area contributed by atoms with Crippen molar-refractivity contribution in [2.24, 2.45) is 0 Å². The largest absolute Gasteiger partial charge is 0.461 e. The Morgan fingerprint density at radius 1 is 0.974 bits per heavy atom. The third-order valence-electron chi connectivity index (χ3n) is 6.60. The molecule has 0 heterocycles. The fourth-order valence-electron chi connectivity index (χ4n) is 4.55. The van der Waals surface area contributed by atoms with Crippen LogP contribution < -0.4 is 4.52 Å². The zero-order valence-corrected chi connectivity index (χ0v) is 23.3. The van der Waals surface area contributed by atoms with Crippen LogP contribution in [-0.4, -0.2) is 30.0 Å². The van der Waals surface area contributed by atoms with Crippen molar-refractivity contribution in [3.05, 3.63) is 88.9 Å². The van der Waals surface area contributed by atoms with Crippen molar-refractivity contribution in [2.75, 3.05) is 20.2 Å². The molecular formula is C29H30ClF3NO4P. The van der Waals surface area contributed by atoms with Gasteiger partial charge in [-0.25, -0.2) is 4.57 Å². The summed E-state index contributed by atoms with van der Waals surface area (Å²) in [6, 6.07) is 18.9. The minimum Gasteiger partial charge on any atom is -0.413 e. The number of benzene rings is 4. The highest BCUT2D eigenvalue weighted by atomic mass is 35.5. The summed E-state index contributed by atoms with van der Waals surface area (Å²) in [6.45, 7) is 2.63. The first-order chi connectivity index (χ1) is 18.6. The standard InChI is InChI=1S/C29H30ClF3NO4P/c1-3-4-15-34(39(36,37-2)38-23-8-6-5-7-9-23)16-14-28(35)27-17-20-10-11-21(29(31,32)33)18-25(20)26-19-22(30)12-13-24(26)27/h5-13,17-19,28,35H,3-4,14-16H2,1-2H3. The van der Waals surface area contributed by atoms with Gasteiger partial charge in [0.1, 0.15) is 5.75 Å². The third kappa shape index (κ3) is 6.76. The van der Waals surface area contributed by atoms with Crippen molar-refractivity contribution in [1.29, 1.82) is 0 Å². The lowest BCUT2D eigenvalue weighted by Gasteiger charge is -2.30. The summed E-state index contributed by atoms with van der Waals surface area (Å²) >= 11 is 6.21. The Balaban J connectivity index is 1.67.